The molecule has 1 fully saturated rings. The van der Waals surface area contributed by atoms with Crippen molar-refractivity contribution < 1.29 is 9.53 Å². The molecule has 0 saturated heterocycles. The van der Waals surface area contributed by atoms with Crippen LogP contribution in [0.5, 0.6) is 5.75 Å². The highest BCUT2D eigenvalue weighted by Crippen LogP contribution is 2.31. The van der Waals surface area contributed by atoms with Crippen molar-refractivity contribution in [3.05, 3.63) is 29.8 Å². The third-order valence-corrected chi connectivity index (χ3v) is 3.41. The van der Waals surface area contributed by atoms with Gasteiger partial charge in [0.15, 0.2) is 0 Å². The van der Waals surface area contributed by atoms with Crippen molar-refractivity contribution >= 4 is 18.3 Å². The van der Waals surface area contributed by atoms with Gasteiger partial charge in [-0.2, -0.15) is 0 Å². The second-order valence-corrected chi connectivity index (χ2v) is 5.94. The van der Waals surface area contributed by atoms with Crippen molar-refractivity contribution in [3.8, 4) is 5.75 Å². The first-order valence-corrected chi connectivity index (χ1v) is 7.33. The normalized spacial score (nSPS) is 15.2. The monoisotopic (exact) mass is 312 g/mol. The lowest BCUT2D eigenvalue weighted by Crippen LogP contribution is -2.38. The number of ether oxygens (including phenoxy) is 1. The van der Waals surface area contributed by atoms with Crippen molar-refractivity contribution in [1.29, 1.82) is 0 Å². The van der Waals surface area contributed by atoms with E-state index in [1.807, 2.05) is 12.1 Å². The molecule has 3 N–H and O–H groups in total. The molecular weight excluding hydrogens is 288 g/mol. The van der Waals surface area contributed by atoms with Gasteiger partial charge >= 0.3 is 0 Å². The van der Waals surface area contributed by atoms with E-state index in [0.717, 1.165) is 5.75 Å². The minimum Gasteiger partial charge on any atom is -0.493 e. The Labute approximate surface area is 132 Å². The highest BCUT2D eigenvalue weighted by atomic mass is 35.5. The van der Waals surface area contributed by atoms with Gasteiger partial charge in [-0.1, -0.05) is 19.9 Å². The molecule has 0 aromatic heterocycles. The van der Waals surface area contributed by atoms with E-state index in [4.69, 9.17) is 10.5 Å². The molecule has 0 bridgehead atoms. The minimum atomic E-state index is -0.0869. The Morgan fingerprint density at radius 1 is 1.43 bits per heavy atom. The summed E-state index contributed by atoms with van der Waals surface area (Å²) in [6.45, 7) is 5.38. The minimum absolute atomic E-state index is 0. The smallest absolute Gasteiger partial charge is 0.251 e. The number of halogens is 1. The fourth-order valence-electron chi connectivity index (χ4n) is 1.99. The maximum Gasteiger partial charge on any atom is 0.251 e. The zero-order chi connectivity index (χ0) is 14.5. The predicted molar refractivity (Wildman–Crippen MR) is 87.1 cm³/mol. The van der Waals surface area contributed by atoms with E-state index in [1.54, 1.807) is 12.1 Å². The molecule has 1 saturated carbocycles. The molecule has 21 heavy (non-hydrogen) atoms. The Hall–Kier alpha value is -1.26. The van der Waals surface area contributed by atoms with E-state index < -0.39 is 0 Å². The Morgan fingerprint density at radius 2 is 2.14 bits per heavy atom. The number of rotatable bonds is 7. The van der Waals surface area contributed by atoms with Crippen LogP contribution in [0.2, 0.25) is 0 Å². The molecule has 1 unspecified atom stereocenters. The van der Waals surface area contributed by atoms with Crippen LogP contribution in [0.15, 0.2) is 24.3 Å². The number of carbonyl (C=O) groups excluding carboxylic acids is 1. The van der Waals surface area contributed by atoms with Gasteiger partial charge in [0.1, 0.15) is 5.75 Å². The number of benzene rings is 1. The van der Waals surface area contributed by atoms with E-state index in [9.17, 15) is 4.79 Å². The number of amides is 1. The van der Waals surface area contributed by atoms with E-state index in [-0.39, 0.29) is 24.4 Å². The number of hydrogen-bond acceptors (Lipinski definition) is 3. The number of nitrogens with two attached hydrogens (primary N) is 1. The average molecular weight is 313 g/mol. The van der Waals surface area contributed by atoms with Gasteiger partial charge in [-0.3, -0.25) is 4.79 Å². The molecule has 1 aliphatic carbocycles. The van der Waals surface area contributed by atoms with Gasteiger partial charge in [0.2, 0.25) is 0 Å². The average Bonchev–Trinajstić information content (AvgIpc) is 3.27. The lowest BCUT2D eigenvalue weighted by Gasteiger charge is -2.13. The van der Waals surface area contributed by atoms with Gasteiger partial charge in [-0.15, -0.1) is 12.4 Å². The molecule has 118 valence electrons. The lowest BCUT2D eigenvalue weighted by molar-refractivity contribution is 0.0950. The SMILES string of the molecule is CC(C)COc1cccc(C(=O)NCC(N)C2CC2)c1.Cl. The van der Waals surface area contributed by atoms with E-state index in [1.165, 1.54) is 12.8 Å². The van der Waals surface area contributed by atoms with Crippen LogP contribution in [0.4, 0.5) is 0 Å². The first kappa shape index (κ1) is 17.8. The Bertz CT molecular complexity index is 461. The zero-order valence-corrected chi connectivity index (χ0v) is 13.5. The molecule has 1 atom stereocenters. The van der Waals surface area contributed by atoms with Crippen LogP contribution in [-0.4, -0.2) is 25.1 Å². The number of nitrogens with one attached hydrogen (secondary N) is 1. The molecule has 1 aliphatic rings. The molecule has 2 rings (SSSR count). The Kier molecular flexibility index (Phi) is 6.99. The molecule has 1 aromatic carbocycles. The maximum atomic E-state index is 12.1. The molecular formula is C16H25ClN2O2. The quantitative estimate of drug-likeness (QED) is 0.813. The summed E-state index contributed by atoms with van der Waals surface area (Å²) >= 11 is 0. The Balaban J connectivity index is 0.00000220. The van der Waals surface area contributed by atoms with Gasteiger partial charge in [0.25, 0.3) is 5.91 Å². The first-order chi connectivity index (χ1) is 9.56. The molecule has 1 amide bonds. The lowest BCUT2D eigenvalue weighted by atomic mass is 10.1. The fourth-order valence-corrected chi connectivity index (χ4v) is 1.99. The van der Waals surface area contributed by atoms with E-state index >= 15 is 0 Å². The van der Waals surface area contributed by atoms with Crippen LogP contribution in [-0.2, 0) is 0 Å². The maximum absolute atomic E-state index is 12.1. The summed E-state index contributed by atoms with van der Waals surface area (Å²) in [5.41, 5.74) is 6.60. The predicted octanol–water partition coefficient (Wildman–Crippen LogP) is 2.61. The van der Waals surface area contributed by atoms with Crippen molar-refractivity contribution in [2.75, 3.05) is 13.2 Å². The molecule has 0 spiro atoms. The zero-order valence-electron chi connectivity index (χ0n) is 12.7. The second kappa shape index (κ2) is 8.25. The fraction of sp³-hybridized carbons (Fsp3) is 0.562. The van der Waals surface area contributed by atoms with Crippen LogP contribution >= 0.6 is 12.4 Å². The van der Waals surface area contributed by atoms with Crippen LogP contribution in [0.25, 0.3) is 0 Å². The highest BCUT2D eigenvalue weighted by Gasteiger charge is 2.28. The third-order valence-electron chi connectivity index (χ3n) is 3.41. The van der Waals surface area contributed by atoms with Crippen LogP contribution in [0.1, 0.15) is 37.0 Å². The largest absolute Gasteiger partial charge is 0.493 e. The van der Waals surface area contributed by atoms with Gasteiger partial charge in [-0.25, -0.2) is 0 Å². The van der Waals surface area contributed by atoms with Gasteiger partial charge in [0, 0.05) is 18.2 Å². The summed E-state index contributed by atoms with van der Waals surface area (Å²) in [6.07, 6.45) is 2.38. The number of carbonyl (C=O) groups is 1. The summed E-state index contributed by atoms with van der Waals surface area (Å²) in [6, 6.07) is 7.36. The van der Waals surface area contributed by atoms with E-state index in [0.29, 0.717) is 30.6 Å². The third kappa shape index (κ3) is 5.94. The van der Waals surface area contributed by atoms with E-state index in [2.05, 4.69) is 19.2 Å². The first-order valence-electron chi connectivity index (χ1n) is 7.33. The molecule has 0 heterocycles. The van der Waals surface area contributed by atoms with Gasteiger partial charge in [-0.05, 0) is 42.9 Å². The highest BCUT2D eigenvalue weighted by molar-refractivity contribution is 5.94. The molecule has 1 aromatic rings. The van der Waals surface area contributed by atoms with Crippen LogP contribution in [0, 0.1) is 11.8 Å². The summed E-state index contributed by atoms with van der Waals surface area (Å²) in [4.78, 5) is 12.1. The molecule has 4 nitrogen and oxygen atoms in total. The van der Waals surface area contributed by atoms with Crippen molar-refractivity contribution in [3.63, 3.8) is 0 Å². The molecule has 0 radical (unpaired) electrons. The summed E-state index contributed by atoms with van der Waals surface area (Å²) in [5.74, 6) is 1.70. The van der Waals surface area contributed by atoms with Crippen LogP contribution in [0.3, 0.4) is 0 Å². The summed E-state index contributed by atoms with van der Waals surface area (Å²) < 4.78 is 5.63. The van der Waals surface area contributed by atoms with Crippen molar-refractivity contribution in [1.82, 2.24) is 5.32 Å². The molecule has 5 heteroatoms. The second-order valence-electron chi connectivity index (χ2n) is 5.94. The van der Waals surface area contributed by atoms with Gasteiger partial charge in [0.05, 0.1) is 6.61 Å². The van der Waals surface area contributed by atoms with Crippen molar-refractivity contribution in [2.24, 2.45) is 17.6 Å². The number of hydrogen-bond donors (Lipinski definition) is 2. The summed E-state index contributed by atoms with van der Waals surface area (Å²) in [5, 5.41) is 2.89. The molecule has 0 aliphatic heterocycles. The van der Waals surface area contributed by atoms with Crippen molar-refractivity contribution in [2.45, 2.75) is 32.7 Å². The van der Waals surface area contributed by atoms with Gasteiger partial charge < -0.3 is 15.8 Å². The topological polar surface area (TPSA) is 64.3 Å². The summed E-state index contributed by atoms with van der Waals surface area (Å²) in [7, 11) is 0. The Morgan fingerprint density at radius 3 is 2.76 bits per heavy atom. The van der Waals surface area contributed by atoms with Crippen LogP contribution < -0.4 is 15.8 Å². The standard InChI is InChI=1S/C16H24N2O2.ClH/c1-11(2)10-20-14-5-3-4-13(8-14)16(19)18-9-15(17)12-6-7-12;/h3-5,8,11-12,15H,6-7,9-10,17H2,1-2H3,(H,18,19);1H.